The minimum Gasteiger partial charge on any atom is -0.326 e. The van der Waals surface area contributed by atoms with Gasteiger partial charge < -0.3 is 11.1 Å². The van der Waals surface area contributed by atoms with Crippen molar-refractivity contribution in [1.82, 2.24) is 5.32 Å². The molecule has 0 saturated carbocycles. The highest BCUT2D eigenvalue weighted by molar-refractivity contribution is 4.80. The van der Waals surface area contributed by atoms with E-state index >= 15 is 0 Å². The Labute approximate surface area is 75.9 Å². The summed E-state index contributed by atoms with van der Waals surface area (Å²) in [5, 5.41) is 3.33. The van der Waals surface area contributed by atoms with Gasteiger partial charge in [0.1, 0.15) is 0 Å². The molecule has 0 spiro atoms. The summed E-state index contributed by atoms with van der Waals surface area (Å²) in [6.45, 7) is 4.45. The quantitative estimate of drug-likeness (QED) is 0.628. The first-order chi connectivity index (χ1) is 5.84. The molecule has 1 heterocycles. The van der Waals surface area contributed by atoms with Gasteiger partial charge in [0.2, 0.25) is 0 Å². The zero-order valence-corrected chi connectivity index (χ0v) is 8.18. The third-order valence-electron chi connectivity index (χ3n) is 2.86. The van der Waals surface area contributed by atoms with E-state index in [0.29, 0.717) is 6.04 Å². The van der Waals surface area contributed by atoms with Crippen LogP contribution in [-0.2, 0) is 0 Å². The van der Waals surface area contributed by atoms with Crippen LogP contribution in [0.2, 0.25) is 0 Å². The minimum atomic E-state index is 0.413. The maximum absolute atomic E-state index is 6.00. The summed E-state index contributed by atoms with van der Waals surface area (Å²) in [6.07, 6.45) is 6.69. The summed E-state index contributed by atoms with van der Waals surface area (Å²) in [6, 6.07) is 0.413. The molecule has 0 aromatic carbocycles. The van der Waals surface area contributed by atoms with Crippen molar-refractivity contribution in [2.24, 2.45) is 11.7 Å². The lowest BCUT2D eigenvalue weighted by Crippen LogP contribution is -2.45. The summed E-state index contributed by atoms with van der Waals surface area (Å²) < 4.78 is 0. The molecular weight excluding hydrogens is 148 g/mol. The Morgan fingerprint density at radius 3 is 2.92 bits per heavy atom. The van der Waals surface area contributed by atoms with Crippen molar-refractivity contribution in [1.29, 1.82) is 0 Å². The maximum atomic E-state index is 6.00. The molecule has 0 aromatic heterocycles. The van der Waals surface area contributed by atoms with Gasteiger partial charge in [0, 0.05) is 12.6 Å². The first-order valence-corrected chi connectivity index (χ1v) is 5.31. The van der Waals surface area contributed by atoms with Crippen LogP contribution in [-0.4, -0.2) is 19.1 Å². The van der Waals surface area contributed by atoms with Gasteiger partial charge in [0.25, 0.3) is 0 Å². The Hall–Kier alpha value is -0.0800. The molecular formula is C10H22N2. The van der Waals surface area contributed by atoms with Gasteiger partial charge in [-0.3, -0.25) is 0 Å². The number of hydrogen-bond donors (Lipinski definition) is 2. The average molecular weight is 170 g/mol. The Kier molecular flexibility index (Phi) is 4.62. The number of nitrogens with two attached hydrogens (primary N) is 1. The van der Waals surface area contributed by atoms with Gasteiger partial charge in [0.05, 0.1) is 0 Å². The van der Waals surface area contributed by atoms with E-state index in [1.807, 2.05) is 0 Å². The van der Waals surface area contributed by atoms with Gasteiger partial charge in [-0.1, -0.05) is 26.2 Å². The Bertz CT molecular complexity index is 114. The van der Waals surface area contributed by atoms with Crippen molar-refractivity contribution in [2.75, 3.05) is 13.1 Å². The molecule has 2 nitrogen and oxygen atoms in total. The van der Waals surface area contributed by atoms with Crippen LogP contribution in [0.25, 0.3) is 0 Å². The van der Waals surface area contributed by atoms with Crippen LogP contribution in [0.1, 0.15) is 39.0 Å². The molecule has 1 saturated heterocycles. The predicted octanol–water partition coefficient (Wildman–Crippen LogP) is 1.50. The molecule has 72 valence electrons. The Morgan fingerprint density at radius 1 is 1.42 bits per heavy atom. The number of nitrogens with one attached hydrogen (secondary N) is 1. The fourth-order valence-electron chi connectivity index (χ4n) is 1.95. The lowest BCUT2D eigenvalue weighted by molar-refractivity contribution is 0.299. The van der Waals surface area contributed by atoms with Gasteiger partial charge in [-0.25, -0.2) is 0 Å². The number of piperidine rings is 1. The third kappa shape index (κ3) is 3.11. The average Bonchev–Trinajstić information content (AvgIpc) is 2.09. The molecule has 1 fully saturated rings. The van der Waals surface area contributed by atoms with Gasteiger partial charge in [-0.2, -0.15) is 0 Å². The molecule has 0 aliphatic carbocycles. The smallest absolute Gasteiger partial charge is 0.0194 e. The molecule has 2 unspecified atom stereocenters. The number of hydrogen-bond acceptors (Lipinski definition) is 2. The zero-order chi connectivity index (χ0) is 8.81. The number of unbranched alkanes of at least 4 members (excludes halogenated alkanes) is 2. The van der Waals surface area contributed by atoms with E-state index < -0.39 is 0 Å². The molecule has 12 heavy (non-hydrogen) atoms. The van der Waals surface area contributed by atoms with Crippen molar-refractivity contribution in [3.8, 4) is 0 Å². The van der Waals surface area contributed by atoms with Crippen molar-refractivity contribution >= 4 is 0 Å². The van der Waals surface area contributed by atoms with Gasteiger partial charge >= 0.3 is 0 Å². The summed E-state index contributed by atoms with van der Waals surface area (Å²) in [7, 11) is 0. The van der Waals surface area contributed by atoms with Crippen LogP contribution in [0.3, 0.4) is 0 Å². The molecule has 0 bridgehead atoms. The fourth-order valence-corrected chi connectivity index (χ4v) is 1.95. The standard InChI is InChI=1S/C10H22N2/c1-2-3-4-5-9-6-7-12-8-10(9)11/h9-10,12H,2-8,11H2,1H3. The molecule has 2 atom stereocenters. The van der Waals surface area contributed by atoms with Crippen LogP contribution in [0.5, 0.6) is 0 Å². The SMILES string of the molecule is CCCCCC1CCNCC1N. The van der Waals surface area contributed by atoms with E-state index in [-0.39, 0.29) is 0 Å². The van der Waals surface area contributed by atoms with E-state index in [0.717, 1.165) is 12.5 Å². The normalized spacial score (nSPS) is 30.5. The minimum absolute atomic E-state index is 0.413. The van der Waals surface area contributed by atoms with Crippen LogP contribution >= 0.6 is 0 Å². The highest BCUT2D eigenvalue weighted by Gasteiger charge is 2.20. The molecule has 2 heteroatoms. The highest BCUT2D eigenvalue weighted by Crippen LogP contribution is 2.18. The topological polar surface area (TPSA) is 38.0 Å². The van der Waals surface area contributed by atoms with Gasteiger partial charge in [-0.05, 0) is 25.3 Å². The second-order valence-corrected chi connectivity index (χ2v) is 3.91. The highest BCUT2D eigenvalue weighted by atomic mass is 14.9. The third-order valence-corrected chi connectivity index (χ3v) is 2.86. The van der Waals surface area contributed by atoms with E-state index in [2.05, 4.69) is 12.2 Å². The summed E-state index contributed by atoms with van der Waals surface area (Å²) >= 11 is 0. The van der Waals surface area contributed by atoms with Crippen molar-refractivity contribution in [3.63, 3.8) is 0 Å². The summed E-state index contributed by atoms with van der Waals surface area (Å²) in [5.74, 6) is 0.790. The lowest BCUT2D eigenvalue weighted by Gasteiger charge is -2.29. The lowest BCUT2D eigenvalue weighted by atomic mass is 9.88. The first kappa shape index (κ1) is 10.0. The van der Waals surface area contributed by atoms with Gasteiger partial charge in [-0.15, -0.1) is 0 Å². The van der Waals surface area contributed by atoms with Crippen molar-refractivity contribution in [2.45, 2.75) is 45.1 Å². The van der Waals surface area contributed by atoms with Crippen LogP contribution < -0.4 is 11.1 Å². The fraction of sp³-hybridized carbons (Fsp3) is 1.00. The van der Waals surface area contributed by atoms with Crippen LogP contribution in [0, 0.1) is 5.92 Å². The summed E-state index contributed by atoms with van der Waals surface area (Å²) in [5.41, 5.74) is 6.00. The molecule has 0 aromatic rings. The summed E-state index contributed by atoms with van der Waals surface area (Å²) in [4.78, 5) is 0. The van der Waals surface area contributed by atoms with E-state index in [4.69, 9.17) is 5.73 Å². The van der Waals surface area contributed by atoms with Crippen LogP contribution in [0.4, 0.5) is 0 Å². The molecule has 1 aliphatic heterocycles. The molecule has 0 amide bonds. The molecule has 3 N–H and O–H groups in total. The molecule has 1 rings (SSSR count). The molecule has 1 aliphatic rings. The monoisotopic (exact) mass is 170 g/mol. The number of rotatable bonds is 4. The van der Waals surface area contributed by atoms with Crippen molar-refractivity contribution in [3.05, 3.63) is 0 Å². The predicted molar refractivity (Wildman–Crippen MR) is 53.1 cm³/mol. The zero-order valence-electron chi connectivity index (χ0n) is 8.18. The van der Waals surface area contributed by atoms with Gasteiger partial charge in [0.15, 0.2) is 0 Å². The van der Waals surface area contributed by atoms with E-state index in [1.54, 1.807) is 0 Å². The van der Waals surface area contributed by atoms with Crippen LogP contribution in [0.15, 0.2) is 0 Å². The van der Waals surface area contributed by atoms with E-state index in [1.165, 1.54) is 38.6 Å². The Morgan fingerprint density at radius 2 is 2.25 bits per heavy atom. The first-order valence-electron chi connectivity index (χ1n) is 5.31. The maximum Gasteiger partial charge on any atom is 0.0194 e. The second-order valence-electron chi connectivity index (χ2n) is 3.91. The van der Waals surface area contributed by atoms with Crippen molar-refractivity contribution < 1.29 is 0 Å². The second kappa shape index (κ2) is 5.55. The largest absolute Gasteiger partial charge is 0.326 e. The Balaban J connectivity index is 2.11. The van der Waals surface area contributed by atoms with E-state index in [9.17, 15) is 0 Å². The molecule has 0 radical (unpaired) electrons.